The second kappa shape index (κ2) is 10.6. The Hall–Kier alpha value is -2.28. The third kappa shape index (κ3) is 5.55. The summed E-state index contributed by atoms with van der Waals surface area (Å²) in [6.45, 7) is 6.33. The lowest BCUT2D eigenvalue weighted by Gasteiger charge is -2.26. The van der Waals surface area contributed by atoms with Crippen LogP contribution in [-0.4, -0.2) is 48.2 Å². The lowest BCUT2D eigenvalue weighted by Crippen LogP contribution is -2.44. The van der Waals surface area contributed by atoms with Crippen molar-refractivity contribution in [2.45, 2.75) is 77.4 Å². The Labute approximate surface area is 197 Å². The summed E-state index contributed by atoms with van der Waals surface area (Å²) in [5, 5.41) is 6.94. The Morgan fingerprint density at radius 3 is 2.62 bits per heavy atom. The summed E-state index contributed by atoms with van der Waals surface area (Å²) in [5.74, 6) is -0.386. The number of anilines is 1. The van der Waals surface area contributed by atoms with E-state index < -0.39 is 11.8 Å². The molecule has 1 saturated carbocycles. The zero-order chi connectivity index (χ0) is 24.5. The number of likely N-dealkylation sites (tertiary alicyclic amines) is 1. The van der Waals surface area contributed by atoms with Gasteiger partial charge in [0.15, 0.2) is 5.81 Å². The molecule has 2 heterocycles. The van der Waals surface area contributed by atoms with Crippen LogP contribution in [0.3, 0.4) is 0 Å². The van der Waals surface area contributed by atoms with E-state index in [0.717, 1.165) is 37.1 Å². The first-order valence-corrected chi connectivity index (χ1v) is 12.2. The van der Waals surface area contributed by atoms with Crippen LogP contribution in [0, 0.1) is 5.92 Å². The Bertz CT molecular complexity index is 960. The molecular formula is C25H39BN4O2. The number of amides is 2. The highest BCUT2D eigenvalue weighted by molar-refractivity contribution is 6.57. The third-order valence-electron chi connectivity index (χ3n) is 7.09. The number of benzene rings is 1. The van der Waals surface area contributed by atoms with Crippen LogP contribution in [0.2, 0.25) is 0 Å². The molecule has 1 aliphatic carbocycles. The zero-order valence-corrected chi connectivity index (χ0v) is 19.2. The van der Waals surface area contributed by atoms with Gasteiger partial charge in [-0.1, -0.05) is 38.2 Å². The topological polar surface area (TPSA) is 66.4 Å². The Morgan fingerprint density at radius 2 is 1.94 bits per heavy atom. The minimum Gasteiger partial charge on any atom is -0.354 e. The van der Waals surface area contributed by atoms with Gasteiger partial charge in [-0.25, -0.2) is 0 Å². The number of carbonyl (C=O) groups excluding carboxylic acids is 2. The van der Waals surface area contributed by atoms with Crippen molar-refractivity contribution < 1.29 is 14.0 Å². The summed E-state index contributed by atoms with van der Waals surface area (Å²) in [7, 11) is 5.37. The standard InChI is InChI=1S/C25H35BN4O2.2H2/c1-2-30-17-19(16-29-12-6-7-13-29)21-11-10-20(15-23(21)30)27-24(31)22(28-25(26)32)14-18-8-4-3-5-9-18;;/h10-11,15,17-18,22H,2-9,12-14,16H2,1H3,(H,27,31)(H,28,32);2*1H/t22-;;/m0../s1/i;1+1D;1+1. The molecule has 1 aromatic heterocycles. The number of hydrogen-bond donors (Lipinski definition) is 2. The molecule has 2 aromatic rings. The third-order valence-corrected chi connectivity index (χ3v) is 7.09. The fourth-order valence-corrected chi connectivity index (χ4v) is 5.40. The van der Waals surface area contributed by atoms with Crippen molar-refractivity contribution >= 4 is 36.2 Å². The molecule has 0 spiro atoms. The lowest BCUT2D eigenvalue weighted by molar-refractivity contribution is -0.118. The number of hydrogen-bond acceptors (Lipinski definition) is 3. The summed E-state index contributed by atoms with van der Waals surface area (Å²) >= 11 is 0. The zero-order valence-electron chi connectivity index (χ0n) is 21.2. The maximum Gasteiger partial charge on any atom is 0.246 e. The fourth-order valence-electron chi connectivity index (χ4n) is 5.40. The lowest BCUT2D eigenvalue weighted by atomic mass is 9.84. The molecule has 1 saturated heterocycles. The molecule has 2 radical (unpaired) electrons. The Balaban J connectivity index is 0.00000140. The Morgan fingerprint density at radius 1 is 1.19 bits per heavy atom. The van der Waals surface area contributed by atoms with E-state index in [1.807, 2.05) is 12.1 Å². The molecule has 174 valence electrons. The van der Waals surface area contributed by atoms with Gasteiger partial charge in [-0.3, -0.25) is 14.5 Å². The molecule has 1 aromatic carbocycles. The molecule has 7 heteroatoms. The molecule has 2 fully saturated rings. The van der Waals surface area contributed by atoms with Crippen molar-refractivity contribution in [3.8, 4) is 0 Å². The van der Waals surface area contributed by atoms with Gasteiger partial charge < -0.3 is 15.2 Å². The van der Waals surface area contributed by atoms with Crippen LogP contribution >= 0.6 is 0 Å². The largest absolute Gasteiger partial charge is 0.354 e. The van der Waals surface area contributed by atoms with E-state index in [4.69, 9.17) is 10.8 Å². The van der Waals surface area contributed by atoms with Gasteiger partial charge in [0.05, 0.1) is 5.52 Å². The number of fused-ring (bicyclic) bond motifs is 1. The minimum absolute atomic E-state index is 0. The number of aryl methyl sites for hydroxylation is 1. The predicted octanol–water partition coefficient (Wildman–Crippen LogP) is 4.90. The van der Waals surface area contributed by atoms with E-state index in [2.05, 4.69) is 39.3 Å². The second-order valence-corrected chi connectivity index (χ2v) is 9.45. The smallest absolute Gasteiger partial charge is 0.246 e. The van der Waals surface area contributed by atoms with Crippen LogP contribution in [-0.2, 0) is 17.9 Å². The van der Waals surface area contributed by atoms with Crippen molar-refractivity contribution in [1.29, 1.82) is 0 Å². The average molecular weight is 441 g/mol. The maximum atomic E-state index is 13.1. The summed E-state index contributed by atoms with van der Waals surface area (Å²) in [6.07, 6.45) is 11.3. The van der Waals surface area contributed by atoms with E-state index in [9.17, 15) is 9.59 Å². The molecule has 0 bridgehead atoms. The van der Waals surface area contributed by atoms with Gasteiger partial charge in [0.1, 0.15) is 6.04 Å². The maximum absolute atomic E-state index is 13.1. The number of aromatic nitrogens is 1. The molecule has 2 amide bonds. The monoisotopic (exact) mass is 441 g/mol. The van der Waals surface area contributed by atoms with E-state index in [0.29, 0.717) is 12.3 Å². The van der Waals surface area contributed by atoms with Gasteiger partial charge in [-0.15, -0.1) is 0 Å². The van der Waals surface area contributed by atoms with E-state index in [-0.39, 0.29) is 7.33 Å². The van der Waals surface area contributed by atoms with Crippen molar-refractivity contribution in [1.82, 2.24) is 14.8 Å². The van der Waals surface area contributed by atoms with Crippen LogP contribution < -0.4 is 10.6 Å². The van der Waals surface area contributed by atoms with Gasteiger partial charge >= 0.3 is 0 Å². The van der Waals surface area contributed by atoms with Gasteiger partial charge in [0.25, 0.3) is 0 Å². The molecule has 32 heavy (non-hydrogen) atoms. The van der Waals surface area contributed by atoms with Gasteiger partial charge in [-0.05, 0) is 62.9 Å². The Kier molecular flexibility index (Phi) is 7.12. The minimum atomic E-state index is -0.650. The molecule has 6 nitrogen and oxygen atoms in total. The normalized spacial score (nSPS) is 18.9. The average Bonchev–Trinajstić information content (AvgIpc) is 3.48. The SMILES string of the molecule is [2HH].[2H][2H].[B]C(=O)N[C@@H](CC1CCCCC1)C(=O)Nc1ccc2c(CN3CCCC3)cn(CC)c2c1. The second-order valence-electron chi connectivity index (χ2n) is 9.45. The molecule has 2 aliphatic rings. The number of nitrogens with one attached hydrogen (secondary N) is 2. The highest BCUT2D eigenvalue weighted by atomic mass is 16.2. The van der Waals surface area contributed by atoms with Crippen molar-refractivity contribution in [3.05, 3.63) is 30.0 Å². The van der Waals surface area contributed by atoms with Crippen molar-refractivity contribution in [2.75, 3.05) is 18.4 Å². The summed E-state index contributed by atoms with van der Waals surface area (Å²) in [6, 6.07) is 5.53. The van der Waals surface area contributed by atoms with Crippen LogP contribution in [0.15, 0.2) is 24.4 Å². The van der Waals surface area contributed by atoms with Crippen LogP contribution in [0.4, 0.5) is 10.5 Å². The number of nitrogens with zero attached hydrogens (tertiary/aromatic N) is 2. The van der Waals surface area contributed by atoms with E-state index >= 15 is 0 Å². The highest BCUT2D eigenvalue weighted by Gasteiger charge is 2.25. The van der Waals surface area contributed by atoms with Crippen molar-refractivity contribution in [3.63, 3.8) is 0 Å². The first kappa shape index (κ1) is 21.6. The first-order chi connectivity index (χ1) is 16.5. The molecule has 2 N–H and O–H groups in total. The number of rotatable bonds is 8. The van der Waals surface area contributed by atoms with Crippen LogP contribution in [0.1, 0.15) is 68.2 Å². The van der Waals surface area contributed by atoms with E-state index in [1.165, 1.54) is 56.1 Å². The van der Waals surface area contributed by atoms with Gasteiger partial charge in [0.2, 0.25) is 13.8 Å². The molecule has 4 rings (SSSR count). The predicted molar refractivity (Wildman–Crippen MR) is 134 cm³/mol. The highest BCUT2D eigenvalue weighted by Crippen LogP contribution is 2.29. The number of carbonyl (C=O) groups is 2. The summed E-state index contributed by atoms with van der Waals surface area (Å²) in [4.78, 5) is 27.1. The van der Waals surface area contributed by atoms with Crippen molar-refractivity contribution in [2.24, 2.45) is 5.92 Å². The molecular weight excluding hydrogens is 399 g/mol. The fraction of sp³-hybridized carbons (Fsp3) is 0.600. The van der Waals surface area contributed by atoms with Crippen LogP contribution in [0.25, 0.3) is 10.9 Å². The first-order valence-electron chi connectivity index (χ1n) is 13.2. The quantitative estimate of drug-likeness (QED) is 0.573. The van der Waals surface area contributed by atoms with E-state index in [1.54, 1.807) is 0 Å². The summed E-state index contributed by atoms with van der Waals surface area (Å²) in [5.41, 5.74) is 3.22. The molecule has 1 atom stereocenters. The molecule has 0 unspecified atom stereocenters. The van der Waals surface area contributed by atoms with Gasteiger partial charge in [0, 0.05) is 34.8 Å². The van der Waals surface area contributed by atoms with Gasteiger partial charge in [-0.2, -0.15) is 0 Å². The van der Waals surface area contributed by atoms with Crippen LogP contribution in [0.5, 0.6) is 0 Å². The summed E-state index contributed by atoms with van der Waals surface area (Å²) < 4.78 is 12.2. The molecule has 1 aliphatic heterocycles.